The minimum absolute atomic E-state index is 0.00343. The number of hydrogen-bond donors (Lipinski definition) is 0. The van der Waals surface area contributed by atoms with Gasteiger partial charge >= 0.3 is 0 Å². The van der Waals surface area contributed by atoms with Gasteiger partial charge in [-0.2, -0.15) is 0 Å². The van der Waals surface area contributed by atoms with Crippen molar-refractivity contribution in [3.8, 4) is 0 Å². The molecule has 0 aliphatic rings. The van der Waals surface area contributed by atoms with Crippen molar-refractivity contribution in [2.45, 2.75) is 6.42 Å². The van der Waals surface area contributed by atoms with Gasteiger partial charge in [0.2, 0.25) is 0 Å². The van der Waals surface area contributed by atoms with Gasteiger partial charge in [-0.1, -0.05) is 5.11 Å². The number of halogens is 2. The third-order valence-corrected chi connectivity index (χ3v) is 1.86. The molecule has 16 heavy (non-hydrogen) atoms. The highest BCUT2D eigenvalue weighted by atomic mass is 19.2. The van der Waals surface area contributed by atoms with Gasteiger partial charge in [0.25, 0.3) is 5.69 Å². The van der Waals surface area contributed by atoms with Crippen molar-refractivity contribution >= 4 is 5.69 Å². The Morgan fingerprint density at radius 2 is 2.06 bits per heavy atom. The minimum Gasteiger partial charge on any atom is -0.258 e. The molecule has 0 unspecified atom stereocenters. The van der Waals surface area contributed by atoms with E-state index in [2.05, 4.69) is 10.0 Å². The lowest BCUT2D eigenvalue weighted by molar-refractivity contribution is -0.385. The molecule has 0 aliphatic carbocycles. The minimum atomic E-state index is -1.28. The summed E-state index contributed by atoms with van der Waals surface area (Å²) in [7, 11) is 0. The average molecular weight is 228 g/mol. The van der Waals surface area contributed by atoms with Gasteiger partial charge in [-0.05, 0) is 18.0 Å². The molecule has 0 aromatic heterocycles. The highest BCUT2D eigenvalue weighted by Gasteiger charge is 2.17. The van der Waals surface area contributed by atoms with Gasteiger partial charge < -0.3 is 0 Å². The van der Waals surface area contributed by atoms with Crippen molar-refractivity contribution in [2.24, 2.45) is 5.11 Å². The van der Waals surface area contributed by atoms with E-state index in [1.54, 1.807) is 0 Å². The molecule has 0 radical (unpaired) electrons. The summed E-state index contributed by atoms with van der Waals surface area (Å²) in [5, 5.41) is 13.7. The molecule has 0 atom stereocenters. The second kappa shape index (κ2) is 5.04. The van der Waals surface area contributed by atoms with Crippen LogP contribution in [0.1, 0.15) is 5.56 Å². The predicted octanol–water partition coefficient (Wildman–Crippen LogP) is 2.73. The zero-order chi connectivity index (χ0) is 12.1. The summed E-state index contributed by atoms with van der Waals surface area (Å²) in [4.78, 5) is 12.2. The van der Waals surface area contributed by atoms with E-state index in [1.807, 2.05) is 0 Å². The van der Waals surface area contributed by atoms with Crippen molar-refractivity contribution < 1.29 is 13.7 Å². The number of azide groups is 1. The molecule has 6 nitrogen and oxygen atoms in total. The number of nitro groups is 1. The highest BCUT2D eigenvalue weighted by molar-refractivity contribution is 5.41. The monoisotopic (exact) mass is 228 g/mol. The van der Waals surface area contributed by atoms with E-state index in [-0.39, 0.29) is 18.5 Å². The molecular weight excluding hydrogens is 222 g/mol. The molecule has 8 heteroatoms. The van der Waals surface area contributed by atoms with Gasteiger partial charge in [-0.25, -0.2) is 8.78 Å². The summed E-state index contributed by atoms with van der Waals surface area (Å²) in [6, 6.07) is 1.25. The Morgan fingerprint density at radius 3 is 2.62 bits per heavy atom. The predicted molar refractivity (Wildman–Crippen MR) is 50.7 cm³/mol. The highest BCUT2D eigenvalue weighted by Crippen LogP contribution is 2.22. The number of rotatable bonds is 4. The van der Waals surface area contributed by atoms with Gasteiger partial charge in [0.1, 0.15) is 0 Å². The second-order valence-electron chi connectivity index (χ2n) is 2.86. The Bertz CT molecular complexity index is 471. The maximum Gasteiger partial charge on any atom is 0.275 e. The topological polar surface area (TPSA) is 91.9 Å². The molecule has 1 aromatic carbocycles. The Hall–Kier alpha value is -2.21. The van der Waals surface area contributed by atoms with E-state index < -0.39 is 22.2 Å². The van der Waals surface area contributed by atoms with Crippen molar-refractivity contribution in [3.63, 3.8) is 0 Å². The van der Waals surface area contributed by atoms with Crippen LogP contribution in [0.3, 0.4) is 0 Å². The zero-order valence-corrected chi connectivity index (χ0v) is 7.93. The first-order valence-electron chi connectivity index (χ1n) is 4.19. The Kier molecular flexibility index (Phi) is 3.73. The SMILES string of the molecule is [N-]=[N+]=NCCc1cc(F)c(F)cc1[N+](=O)[O-]. The molecule has 0 saturated carbocycles. The van der Waals surface area contributed by atoms with Crippen LogP contribution < -0.4 is 0 Å². The van der Waals surface area contributed by atoms with Crippen LogP contribution in [0.25, 0.3) is 10.4 Å². The van der Waals surface area contributed by atoms with Gasteiger partial charge in [0.15, 0.2) is 11.6 Å². The Labute approximate surface area is 88.3 Å². The molecule has 84 valence electrons. The number of benzene rings is 1. The smallest absolute Gasteiger partial charge is 0.258 e. The van der Waals surface area contributed by atoms with Crippen LogP contribution in [-0.4, -0.2) is 11.5 Å². The largest absolute Gasteiger partial charge is 0.275 e. The van der Waals surface area contributed by atoms with Crippen LogP contribution in [0, 0.1) is 21.7 Å². The molecule has 0 spiro atoms. The molecule has 0 fully saturated rings. The zero-order valence-electron chi connectivity index (χ0n) is 7.93. The molecule has 0 N–H and O–H groups in total. The Balaban J connectivity index is 3.09. The van der Waals surface area contributed by atoms with E-state index in [9.17, 15) is 18.9 Å². The van der Waals surface area contributed by atoms with Gasteiger partial charge in [-0.3, -0.25) is 10.1 Å². The van der Waals surface area contributed by atoms with Crippen molar-refractivity contribution in [2.75, 3.05) is 6.54 Å². The third kappa shape index (κ3) is 2.64. The van der Waals surface area contributed by atoms with E-state index in [0.29, 0.717) is 6.07 Å². The Morgan fingerprint density at radius 1 is 1.44 bits per heavy atom. The number of nitro benzene ring substituents is 1. The lowest BCUT2D eigenvalue weighted by Crippen LogP contribution is -2.00. The number of hydrogen-bond acceptors (Lipinski definition) is 3. The van der Waals surface area contributed by atoms with Crippen molar-refractivity contribution in [3.05, 3.63) is 49.9 Å². The fourth-order valence-electron chi connectivity index (χ4n) is 1.16. The lowest BCUT2D eigenvalue weighted by Gasteiger charge is -2.01. The van der Waals surface area contributed by atoms with E-state index in [1.165, 1.54) is 0 Å². The maximum absolute atomic E-state index is 12.8. The lowest BCUT2D eigenvalue weighted by atomic mass is 10.1. The molecule has 0 saturated heterocycles. The number of nitrogens with zero attached hydrogens (tertiary/aromatic N) is 4. The average Bonchev–Trinajstić information content (AvgIpc) is 2.23. The van der Waals surface area contributed by atoms with Gasteiger partial charge in [0, 0.05) is 17.0 Å². The van der Waals surface area contributed by atoms with Crippen LogP contribution in [-0.2, 0) is 6.42 Å². The maximum atomic E-state index is 12.8. The summed E-state index contributed by atoms with van der Waals surface area (Å²) in [5.74, 6) is -2.44. The second-order valence-corrected chi connectivity index (χ2v) is 2.86. The molecule has 1 aromatic rings. The first-order valence-corrected chi connectivity index (χ1v) is 4.19. The first-order chi connectivity index (χ1) is 7.56. The summed E-state index contributed by atoms with van der Waals surface area (Å²) >= 11 is 0. The molecule has 1 rings (SSSR count). The summed E-state index contributed by atoms with van der Waals surface area (Å²) < 4.78 is 25.6. The van der Waals surface area contributed by atoms with E-state index >= 15 is 0 Å². The van der Waals surface area contributed by atoms with Crippen LogP contribution in [0.2, 0.25) is 0 Å². The van der Waals surface area contributed by atoms with Crippen LogP contribution in [0.5, 0.6) is 0 Å². The van der Waals surface area contributed by atoms with Gasteiger partial charge in [-0.15, -0.1) is 0 Å². The molecular formula is C8H6F2N4O2. The van der Waals surface area contributed by atoms with E-state index in [0.717, 1.165) is 6.07 Å². The van der Waals surface area contributed by atoms with Gasteiger partial charge in [0.05, 0.1) is 11.0 Å². The molecule has 0 heterocycles. The van der Waals surface area contributed by atoms with Crippen molar-refractivity contribution in [1.82, 2.24) is 0 Å². The van der Waals surface area contributed by atoms with Crippen LogP contribution in [0.4, 0.5) is 14.5 Å². The third-order valence-electron chi connectivity index (χ3n) is 1.86. The quantitative estimate of drug-likeness (QED) is 0.260. The van der Waals surface area contributed by atoms with E-state index in [4.69, 9.17) is 5.53 Å². The molecule has 0 amide bonds. The summed E-state index contributed by atoms with van der Waals surface area (Å²) in [5.41, 5.74) is 7.49. The van der Waals surface area contributed by atoms with Crippen molar-refractivity contribution in [1.29, 1.82) is 0 Å². The summed E-state index contributed by atoms with van der Waals surface area (Å²) in [6.45, 7) is -0.0532. The fraction of sp³-hybridized carbons (Fsp3) is 0.250. The summed E-state index contributed by atoms with van der Waals surface area (Å²) in [6.07, 6.45) is -0.0163. The van der Waals surface area contributed by atoms with Crippen LogP contribution >= 0.6 is 0 Å². The molecule has 0 bridgehead atoms. The molecule has 0 aliphatic heterocycles. The van der Waals surface area contributed by atoms with Crippen LogP contribution in [0.15, 0.2) is 17.2 Å². The fourth-order valence-corrected chi connectivity index (χ4v) is 1.16. The normalized spacial score (nSPS) is 9.62. The standard InChI is InChI=1S/C8H6F2N4O2/c9-6-3-5(1-2-12-13-11)8(14(15)16)4-7(6)10/h3-4H,1-2H2. The first kappa shape index (κ1) is 11.9.